The van der Waals surface area contributed by atoms with Crippen molar-refractivity contribution in [3.8, 4) is 11.5 Å². The highest BCUT2D eigenvalue weighted by Gasteiger charge is 2.31. The van der Waals surface area contributed by atoms with Gasteiger partial charge in [0.15, 0.2) is 0 Å². The summed E-state index contributed by atoms with van der Waals surface area (Å²) in [6, 6.07) is 0.822. The van der Waals surface area contributed by atoms with Gasteiger partial charge in [-0.25, -0.2) is 4.39 Å². The van der Waals surface area contributed by atoms with Crippen LogP contribution in [0.2, 0.25) is 0 Å². The topological polar surface area (TPSA) is 101 Å². The van der Waals surface area contributed by atoms with Crippen LogP contribution < -0.4 is 5.32 Å². The lowest BCUT2D eigenvalue weighted by atomic mass is 10.2. The zero-order valence-corrected chi connectivity index (χ0v) is 14.7. The Morgan fingerprint density at radius 2 is 2.07 bits per heavy atom. The van der Waals surface area contributed by atoms with Crippen molar-refractivity contribution >= 4 is 5.91 Å². The number of rotatable bonds is 5. The summed E-state index contributed by atoms with van der Waals surface area (Å²) in [7, 11) is 0. The highest BCUT2D eigenvalue weighted by molar-refractivity contribution is 5.96. The van der Waals surface area contributed by atoms with E-state index in [2.05, 4.69) is 20.4 Å². The SMILES string of the molecule is O=C(N[C@@H](CO)c1nc(-c2ccc(C(F)(F)F)cn2)no1)C1=CCC=C(F)C=C1. The van der Waals surface area contributed by atoms with Gasteiger partial charge in [-0.3, -0.25) is 9.78 Å². The van der Waals surface area contributed by atoms with Gasteiger partial charge in [0.05, 0.1) is 12.2 Å². The maximum Gasteiger partial charge on any atom is 0.417 e. The predicted octanol–water partition coefficient (Wildman–Crippen LogP) is 3.04. The van der Waals surface area contributed by atoms with Gasteiger partial charge in [0.25, 0.3) is 11.8 Å². The molecule has 29 heavy (non-hydrogen) atoms. The molecule has 0 spiro atoms. The van der Waals surface area contributed by atoms with Crippen LogP contribution in [0.25, 0.3) is 11.5 Å². The average Bonchev–Trinajstić information content (AvgIpc) is 3.07. The van der Waals surface area contributed by atoms with Crippen LogP contribution in [0, 0.1) is 0 Å². The predicted molar refractivity (Wildman–Crippen MR) is 91.5 cm³/mol. The number of aliphatic hydroxyl groups is 1. The molecule has 0 aromatic carbocycles. The lowest BCUT2D eigenvalue weighted by Gasteiger charge is -2.12. The molecule has 0 bridgehead atoms. The molecule has 0 unspecified atom stereocenters. The second-order valence-electron chi connectivity index (χ2n) is 5.91. The molecule has 0 saturated heterocycles. The Balaban J connectivity index is 1.73. The van der Waals surface area contributed by atoms with Gasteiger partial charge < -0.3 is 14.9 Å². The lowest BCUT2D eigenvalue weighted by Crippen LogP contribution is -2.31. The quantitative estimate of drug-likeness (QED) is 0.735. The molecule has 0 fully saturated rings. The maximum absolute atomic E-state index is 13.2. The number of nitrogens with one attached hydrogen (secondary N) is 1. The molecule has 2 N–H and O–H groups in total. The van der Waals surface area contributed by atoms with Gasteiger partial charge in [-0.1, -0.05) is 11.2 Å². The van der Waals surface area contributed by atoms with Gasteiger partial charge in [-0.05, 0) is 36.8 Å². The molecule has 2 aromatic heterocycles. The number of pyridine rings is 1. The Labute approximate surface area is 161 Å². The zero-order chi connectivity index (χ0) is 21.0. The second kappa shape index (κ2) is 8.35. The minimum absolute atomic E-state index is 0.0203. The van der Waals surface area contributed by atoms with E-state index in [1.54, 1.807) is 0 Å². The second-order valence-corrected chi connectivity index (χ2v) is 5.91. The van der Waals surface area contributed by atoms with Crippen LogP contribution in [-0.2, 0) is 11.0 Å². The number of allylic oxidation sites excluding steroid dienone is 4. The van der Waals surface area contributed by atoms with E-state index in [0.29, 0.717) is 6.20 Å². The van der Waals surface area contributed by atoms with E-state index in [-0.39, 0.29) is 29.4 Å². The molecule has 1 amide bonds. The number of hydrogen-bond acceptors (Lipinski definition) is 6. The van der Waals surface area contributed by atoms with Gasteiger partial charge in [0.1, 0.15) is 17.6 Å². The Morgan fingerprint density at radius 3 is 2.72 bits per heavy atom. The lowest BCUT2D eigenvalue weighted by molar-refractivity contribution is -0.137. The molecule has 2 heterocycles. The van der Waals surface area contributed by atoms with Crippen molar-refractivity contribution in [2.75, 3.05) is 6.61 Å². The van der Waals surface area contributed by atoms with E-state index < -0.39 is 36.1 Å². The Morgan fingerprint density at radius 1 is 1.28 bits per heavy atom. The molecule has 152 valence electrons. The average molecular weight is 410 g/mol. The summed E-state index contributed by atoms with van der Waals surface area (Å²) in [5, 5.41) is 15.6. The first-order valence-corrected chi connectivity index (χ1v) is 8.31. The first-order valence-electron chi connectivity index (χ1n) is 8.31. The van der Waals surface area contributed by atoms with Crippen LogP contribution in [0.5, 0.6) is 0 Å². The smallest absolute Gasteiger partial charge is 0.394 e. The first-order chi connectivity index (χ1) is 13.8. The van der Waals surface area contributed by atoms with E-state index in [9.17, 15) is 27.5 Å². The van der Waals surface area contributed by atoms with E-state index in [1.165, 1.54) is 18.2 Å². The van der Waals surface area contributed by atoms with Crippen LogP contribution in [0.1, 0.15) is 23.9 Å². The molecule has 0 radical (unpaired) electrons. The van der Waals surface area contributed by atoms with E-state index in [0.717, 1.165) is 18.2 Å². The van der Waals surface area contributed by atoms with E-state index >= 15 is 0 Å². The number of alkyl halides is 3. The van der Waals surface area contributed by atoms with Crippen LogP contribution in [0.4, 0.5) is 17.6 Å². The monoisotopic (exact) mass is 410 g/mol. The third-order valence-corrected chi connectivity index (χ3v) is 3.88. The Bertz CT molecular complexity index is 978. The molecule has 7 nitrogen and oxygen atoms in total. The Hall–Kier alpha value is -3.34. The number of aromatic nitrogens is 3. The minimum Gasteiger partial charge on any atom is -0.394 e. The van der Waals surface area contributed by atoms with Crippen LogP contribution in [0.3, 0.4) is 0 Å². The van der Waals surface area contributed by atoms with Gasteiger partial charge >= 0.3 is 6.18 Å². The van der Waals surface area contributed by atoms with E-state index in [1.807, 2.05) is 0 Å². The Kier molecular flexibility index (Phi) is 5.87. The molecule has 0 aliphatic heterocycles. The van der Waals surface area contributed by atoms with Crippen LogP contribution in [-0.4, -0.2) is 32.7 Å². The summed E-state index contributed by atoms with van der Waals surface area (Å²) in [5.41, 5.74) is -0.732. The van der Waals surface area contributed by atoms with Gasteiger partial charge in [0, 0.05) is 11.8 Å². The summed E-state index contributed by atoms with van der Waals surface area (Å²) < 4.78 is 56.0. The van der Waals surface area contributed by atoms with Crippen LogP contribution in [0.15, 0.2) is 58.6 Å². The summed E-state index contributed by atoms with van der Waals surface area (Å²) in [6.45, 7) is -0.586. The number of amides is 1. The van der Waals surface area contributed by atoms with E-state index in [4.69, 9.17) is 4.52 Å². The molecule has 0 saturated carbocycles. The fraction of sp³-hybridized carbons (Fsp3) is 0.222. The standard InChI is InChI=1S/C18H14F4N4O3/c19-12-3-1-2-10(4-6-12)16(28)24-14(9-27)17-25-15(26-29-17)13-7-5-11(8-23-13)18(20,21)22/h2-8,14,27H,1,9H2,(H,24,28)/t14-/m0/s1. The number of nitrogens with zero attached hydrogens (tertiary/aromatic N) is 3. The number of hydrogen-bond donors (Lipinski definition) is 2. The third kappa shape index (κ3) is 4.93. The summed E-state index contributed by atoms with van der Waals surface area (Å²) in [4.78, 5) is 19.9. The van der Waals surface area contributed by atoms with Crippen molar-refractivity contribution in [2.24, 2.45) is 0 Å². The van der Waals surface area contributed by atoms with Crippen molar-refractivity contribution in [2.45, 2.75) is 18.6 Å². The largest absolute Gasteiger partial charge is 0.417 e. The molecule has 1 atom stereocenters. The fourth-order valence-electron chi connectivity index (χ4n) is 2.37. The molecule has 11 heteroatoms. The normalized spacial score (nSPS) is 15.3. The highest BCUT2D eigenvalue weighted by Crippen LogP contribution is 2.29. The highest BCUT2D eigenvalue weighted by atomic mass is 19.4. The van der Waals surface area contributed by atoms with Crippen molar-refractivity contribution in [1.82, 2.24) is 20.4 Å². The molecule has 2 aromatic rings. The van der Waals surface area contributed by atoms with Crippen molar-refractivity contribution in [1.29, 1.82) is 0 Å². The van der Waals surface area contributed by atoms with Crippen molar-refractivity contribution in [3.63, 3.8) is 0 Å². The molecule has 1 aliphatic carbocycles. The van der Waals surface area contributed by atoms with Gasteiger partial charge in [-0.15, -0.1) is 0 Å². The zero-order valence-electron chi connectivity index (χ0n) is 14.7. The summed E-state index contributed by atoms with van der Waals surface area (Å²) >= 11 is 0. The molecular formula is C18H14F4N4O3. The number of aliphatic hydroxyl groups excluding tert-OH is 1. The summed E-state index contributed by atoms with van der Waals surface area (Å²) in [6.07, 6.45) is 1.53. The number of carbonyl (C=O) groups is 1. The van der Waals surface area contributed by atoms with Crippen LogP contribution >= 0.6 is 0 Å². The fourth-order valence-corrected chi connectivity index (χ4v) is 2.37. The number of carbonyl (C=O) groups excluding carboxylic acids is 1. The summed E-state index contributed by atoms with van der Waals surface area (Å²) in [5.74, 6) is -1.36. The van der Waals surface area contributed by atoms with Crippen molar-refractivity contribution < 1.29 is 32.0 Å². The maximum atomic E-state index is 13.2. The third-order valence-electron chi connectivity index (χ3n) is 3.88. The first kappa shape index (κ1) is 20.4. The molecular weight excluding hydrogens is 396 g/mol. The molecule has 3 rings (SSSR count). The van der Waals surface area contributed by atoms with Crippen molar-refractivity contribution in [3.05, 3.63) is 65.5 Å². The minimum atomic E-state index is -4.53. The molecule has 1 aliphatic rings. The van der Waals surface area contributed by atoms with Gasteiger partial charge in [0.2, 0.25) is 5.82 Å². The number of halogens is 4. The van der Waals surface area contributed by atoms with Gasteiger partial charge in [-0.2, -0.15) is 18.2 Å².